The topological polar surface area (TPSA) is 4.93 Å². The normalized spacial score (nSPS) is 14.1. The van der Waals surface area contributed by atoms with Crippen molar-refractivity contribution < 1.29 is 13.2 Å². The van der Waals surface area contributed by atoms with Gasteiger partial charge in [-0.2, -0.15) is 13.2 Å². The number of hydrogen-bond acceptors (Lipinski definition) is 0. The molecule has 0 atom stereocenters. The Balaban J connectivity index is 1.66. The molecule has 0 saturated heterocycles. The van der Waals surface area contributed by atoms with Crippen LogP contribution in [-0.2, 0) is 11.6 Å². The Labute approximate surface area is 218 Å². The molecule has 0 amide bonds. The average Bonchev–Trinajstić information content (AvgIpc) is 3.36. The van der Waals surface area contributed by atoms with E-state index in [9.17, 15) is 13.2 Å². The maximum absolute atomic E-state index is 14.6. The van der Waals surface area contributed by atoms with Crippen LogP contribution in [0.2, 0.25) is 0 Å². The van der Waals surface area contributed by atoms with Gasteiger partial charge >= 0.3 is 6.18 Å². The molecule has 0 bridgehead atoms. The molecule has 0 spiro atoms. The highest BCUT2D eigenvalue weighted by Gasteiger charge is 2.38. The summed E-state index contributed by atoms with van der Waals surface area (Å²) < 4.78 is 45.8. The molecule has 7 rings (SSSR count). The molecule has 1 heterocycles. The van der Waals surface area contributed by atoms with Gasteiger partial charge in [-0.15, -0.1) is 0 Å². The van der Waals surface area contributed by atoms with Gasteiger partial charge in [-0.05, 0) is 52.1 Å². The number of fused-ring (bicyclic) bond motifs is 6. The predicted octanol–water partition coefficient (Wildman–Crippen LogP) is 9.78. The zero-order valence-electron chi connectivity index (χ0n) is 21.0. The van der Waals surface area contributed by atoms with E-state index in [0.717, 1.165) is 38.5 Å². The molecule has 4 heteroatoms. The lowest BCUT2D eigenvalue weighted by atomic mass is 9.82. The van der Waals surface area contributed by atoms with Crippen molar-refractivity contribution in [2.75, 3.05) is 0 Å². The molecule has 1 aliphatic carbocycles. The minimum Gasteiger partial charge on any atom is -0.308 e. The number of para-hydroxylation sites is 2. The first-order valence-electron chi connectivity index (χ1n) is 12.7. The van der Waals surface area contributed by atoms with Gasteiger partial charge in [0.2, 0.25) is 0 Å². The first kappa shape index (κ1) is 22.9. The summed E-state index contributed by atoms with van der Waals surface area (Å²) >= 11 is 0. The lowest BCUT2D eigenvalue weighted by Gasteiger charge is -2.23. The van der Waals surface area contributed by atoms with Crippen LogP contribution in [0.1, 0.15) is 30.5 Å². The number of benzene rings is 5. The van der Waals surface area contributed by atoms with Crippen LogP contribution in [-0.4, -0.2) is 4.57 Å². The zero-order valence-corrected chi connectivity index (χ0v) is 21.0. The Morgan fingerprint density at radius 2 is 1.26 bits per heavy atom. The standard InChI is InChI=1S/C34H24F3N/c1-33(2)27-16-8-6-13-23(27)25-19-26-24-14-7-9-18-30(24)38(31(26)20-29(25)33)32-22(21-11-4-3-5-12-21)15-10-17-28(32)34(35,36)37/h3-20H,1-2H3. The molecule has 0 saturated carbocycles. The second kappa shape index (κ2) is 7.84. The highest BCUT2D eigenvalue weighted by molar-refractivity contribution is 6.12. The molecule has 0 N–H and O–H groups in total. The van der Waals surface area contributed by atoms with Gasteiger partial charge in [0.15, 0.2) is 0 Å². The van der Waals surface area contributed by atoms with Crippen LogP contribution in [0.15, 0.2) is 109 Å². The second-order valence-electron chi connectivity index (χ2n) is 10.5. The van der Waals surface area contributed by atoms with Crippen molar-refractivity contribution in [2.45, 2.75) is 25.4 Å². The van der Waals surface area contributed by atoms with Crippen molar-refractivity contribution in [3.8, 4) is 27.9 Å². The Kier molecular flexibility index (Phi) is 4.72. The van der Waals surface area contributed by atoms with E-state index in [0.29, 0.717) is 5.56 Å². The van der Waals surface area contributed by atoms with E-state index in [2.05, 4.69) is 38.1 Å². The maximum atomic E-state index is 14.6. The molecule has 5 aromatic carbocycles. The minimum absolute atomic E-state index is 0.158. The van der Waals surface area contributed by atoms with Crippen LogP contribution in [0.4, 0.5) is 13.2 Å². The smallest absolute Gasteiger partial charge is 0.308 e. The Morgan fingerprint density at radius 3 is 2.05 bits per heavy atom. The van der Waals surface area contributed by atoms with Crippen molar-refractivity contribution in [1.29, 1.82) is 0 Å². The molecule has 0 radical (unpaired) electrons. The summed E-state index contributed by atoms with van der Waals surface area (Å²) in [7, 11) is 0. The quantitative estimate of drug-likeness (QED) is 0.222. The molecule has 1 nitrogen and oxygen atoms in total. The molecule has 1 aliphatic rings. The highest BCUT2D eigenvalue weighted by atomic mass is 19.4. The number of hydrogen-bond donors (Lipinski definition) is 0. The Hall–Kier alpha value is -4.31. The van der Waals surface area contributed by atoms with Gasteiger partial charge in [-0.3, -0.25) is 0 Å². The summed E-state index contributed by atoms with van der Waals surface area (Å²) in [6.45, 7) is 4.38. The average molecular weight is 504 g/mol. The predicted molar refractivity (Wildman–Crippen MR) is 149 cm³/mol. The summed E-state index contributed by atoms with van der Waals surface area (Å²) in [5.74, 6) is 0. The van der Waals surface area contributed by atoms with Crippen LogP contribution in [0.3, 0.4) is 0 Å². The third-order valence-electron chi connectivity index (χ3n) is 8.03. The third-order valence-corrected chi connectivity index (χ3v) is 8.03. The molecular formula is C34H24F3N. The number of halogens is 3. The molecular weight excluding hydrogens is 479 g/mol. The second-order valence-corrected chi connectivity index (χ2v) is 10.5. The van der Waals surface area contributed by atoms with Gasteiger partial charge in [0.1, 0.15) is 0 Å². The summed E-state index contributed by atoms with van der Waals surface area (Å²) in [4.78, 5) is 0. The van der Waals surface area contributed by atoms with Crippen LogP contribution < -0.4 is 0 Å². The number of aromatic nitrogens is 1. The zero-order chi connectivity index (χ0) is 26.2. The molecule has 38 heavy (non-hydrogen) atoms. The fourth-order valence-corrected chi connectivity index (χ4v) is 6.27. The van der Waals surface area contributed by atoms with Gasteiger partial charge in [0.05, 0.1) is 22.3 Å². The Morgan fingerprint density at radius 1 is 0.579 bits per heavy atom. The SMILES string of the molecule is CC1(C)c2ccccc2-c2cc3c4ccccc4n(-c4c(-c5ccccc5)cccc4C(F)(F)F)c3cc21. The highest BCUT2D eigenvalue weighted by Crippen LogP contribution is 2.51. The van der Waals surface area contributed by atoms with Crippen LogP contribution in [0, 0.1) is 0 Å². The third kappa shape index (κ3) is 3.13. The van der Waals surface area contributed by atoms with Crippen molar-refractivity contribution in [2.24, 2.45) is 0 Å². The molecule has 1 aromatic heterocycles. The van der Waals surface area contributed by atoms with E-state index in [1.54, 1.807) is 6.07 Å². The van der Waals surface area contributed by atoms with Crippen LogP contribution in [0.5, 0.6) is 0 Å². The molecule has 0 unspecified atom stereocenters. The van der Waals surface area contributed by atoms with Gasteiger partial charge in [0.25, 0.3) is 0 Å². The van der Waals surface area contributed by atoms with Gasteiger partial charge < -0.3 is 4.57 Å². The fraction of sp³-hybridized carbons (Fsp3) is 0.118. The van der Waals surface area contributed by atoms with E-state index < -0.39 is 11.7 Å². The largest absolute Gasteiger partial charge is 0.418 e. The number of nitrogens with zero attached hydrogens (tertiary/aromatic N) is 1. The van der Waals surface area contributed by atoms with Gasteiger partial charge in [0, 0.05) is 21.8 Å². The summed E-state index contributed by atoms with van der Waals surface area (Å²) in [6, 6.07) is 34.2. The van der Waals surface area contributed by atoms with Gasteiger partial charge in [-0.25, -0.2) is 0 Å². The summed E-state index contributed by atoms with van der Waals surface area (Å²) in [5.41, 5.74) is 6.76. The van der Waals surface area contributed by atoms with E-state index in [-0.39, 0.29) is 11.1 Å². The van der Waals surface area contributed by atoms with Crippen molar-refractivity contribution in [3.63, 3.8) is 0 Å². The first-order chi connectivity index (χ1) is 18.3. The van der Waals surface area contributed by atoms with Gasteiger partial charge in [-0.1, -0.05) is 98.8 Å². The van der Waals surface area contributed by atoms with Crippen molar-refractivity contribution in [3.05, 3.63) is 126 Å². The van der Waals surface area contributed by atoms with E-state index >= 15 is 0 Å². The first-order valence-corrected chi connectivity index (χ1v) is 12.7. The number of alkyl halides is 3. The monoisotopic (exact) mass is 503 g/mol. The molecule has 186 valence electrons. The van der Waals surface area contributed by atoms with E-state index in [1.165, 1.54) is 23.3 Å². The summed E-state index contributed by atoms with van der Waals surface area (Å²) in [6.07, 6.45) is -4.52. The number of rotatable bonds is 2. The van der Waals surface area contributed by atoms with Crippen LogP contribution in [0.25, 0.3) is 49.7 Å². The molecule has 0 aliphatic heterocycles. The van der Waals surface area contributed by atoms with Crippen molar-refractivity contribution >= 4 is 21.8 Å². The summed E-state index contributed by atoms with van der Waals surface area (Å²) in [5, 5.41) is 1.88. The maximum Gasteiger partial charge on any atom is 0.418 e. The van der Waals surface area contributed by atoms with E-state index in [4.69, 9.17) is 0 Å². The van der Waals surface area contributed by atoms with Crippen LogP contribution >= 0.6 is 0 Å². The van der Waals surface area contributed by atoms with Crippen molar-refractivity contribution in [1.82, 2.24) is 4.57 Å². The fourth-order valence-electron chi connectivity index (χ4n) is 6.27. The minimum atomic E-state index is -4.52. The Bertz CT molecular complexity index is 1870. The molecule has 6 aromatic rings. The molecule has 0 fully saturated rings. The lowest BCUT2D eigenvalue weighted by molar-refractivity contribution is -0.137. The van der Waals surface area contributed by atoms with E-state index in [1.807, 2.05) is 71.3 Å². The lowest BCUT2D eigenvalue weighted by Crippen LogP contribution is -2.15.